The molecule has 2 aromatic carbocycles. The Hall–Kier alpha value is -2.50. The fourth-order valence-corrected chi connectivity index (χ4v) is 3.60. The number of hydrogen-bond acceptors (Lipinski definition) is 3. The molecule has 152 valence electrons. The van der Waals surface area contributed by atoms with Crippen LogP contribution in [0.15, 0.2) is 36.4 Å². The second kappa shape index (κ2) is 8.47. The van der Waals surface area contributed by atoms with Crippen LogP contribution in [-0.2, 0) is 11.2 Å². The predicted octanol–water partition coefficient (Wildman–Crippen LogP) is 5.11. The number of benzene rings is 2. The number of aromatic nitrogens is 1. The van der Waals surface area contributed by atoms with E-state index < -0.39 is 0 Å². The van der Waals surface area contributed by atoms with E-state index in [0.29, 0.717) is 32.7 Å². The molecule has 0 spiro atoms. The van der Waals surface area contributed by atoms with Gasteiger partial charge in [0.1, 0.15) is 5.75 Å². The summed E-state index contributed by atoms with van der Waals surface area (Å²) in [5.74, 6) is -0.350. The van der Waals surface area contributed by atoms with E-state index in [1.165, 1.54) is 12.1 Å². The number of carbonyl (C=O) groups excluding carboxylic acids is 2. The van der Waals surface area contributed by atoms with Gasteiger partial charge < -0.3 is 10.4 Å². The molecule has 1 amide bonds. The van der Waals surface area contributed by atoms with Crippen molar-refractivity contribution < 1.29 is 14.7 Å². The van der Waals surface area contributed by atoms with Crippen LogP contribution < -0.4 is 5.32 Å². The molecule has 0 aliphatic rings. The highest BCUT2D eigenvalue weighted by molar-refractivity contribution is 6.42. The minimum absolute atomic E-state index is 0.0578. The Balaban J connectivity index is 2.10. The monoisotopic (exact) mass is 432 g/mol. The van der Waals surface area contributed by atoms with Crippen LogP contribution in [0.25, 0.3) is 10.9 Å². The van der Waals surface area contributed by atoms with Gasteiger partial charge in [-0.15, -0.1) is 0 Å². The lowest BCUT2D eigenvalue weighted by Crippen LogP contribution is -2.33. The van der Waals surface area contributed by atoms with E-state index in [-0.39, 0.29) is 35.0 Å². The minimum Gasteiger partial charge on any atom is -0.508 e. The third-order valence-corrected chi connectivity index (χ3v) is 5.78. The van der Waals surface area contributed by atoms with Crippen LogP contribution in [0.2, 0.25) is 10.0 Å². The van der Waals surface area contributed by atoms with Crippen molar-refractivity contribution in [3.05, 3.63) is 63.3 Å². The van der Waals surface area contributed by atoms with Gasteiger partial charge in [0, 0.05) is 22.7 Å². The molecule has 0 bridgehead atoms. The van der Waals surface area contributed by atoms with Gasteiger partial charge in [-0.3, -0.25) is 14.2 Å². The third-order valence-electron chi connectivity index (χ3n) is 5.05. The molecule has 3 rings (SSSR count). The number of hydrogen-bond donors (Lipinski definition) is 2. The van der Waals surface area contributed by atoms with Crippen molar-refractivity contribution in [1.29, 1.82) is 0 Å². The van der Waals surface area contributed by atoms with Gasteiger partial charge in [-0.25, -0.2) is 0 Å². The Labute approximate surface area is 179 Å². The number of nitrogens with zero attached hydrogens (tertiary/aromatic N) is 1. The Morgan fingerprint density at radius 3 is 2.52 bits per heavy atom. The highest BCUT2D eigenvalue weighted by Gasteiger charge is 2.22. The van der Waals surface area contributed by atoms with Gasteiger partial charge in [0.2, 0.25) is 5.91 Å². The van der Waals surface area contributed by atoms with E-state index in [1.807, 2.05) is 13.8 Å². The quantitative estimate of drug-likeness (QED) is 0.588. The van der Waals surface area contributed by atoms with Gasteiger partial charge in [-0.2, -0.15) is 0 Å². The molecule has 0 aliphatic heterocycles. The molecule has 0 unspecified atom stereocenters. The van der Waals surface area contributed by atoms with Gasteiger partial charge in [-0.1, -0.05) is 30.1 Å². The Morgan fingerprint density at radius 1 is 1.14 bits per heavy atom. The lowest BCUT2D eigenvalue weighted by atomic mass is 10.1. The number of aromatic hydroxyl groups is 1. The zero-order chi connectivity index (χ0) is 21.3. The van der Waals surface area contributed by atoms with Crippen LogP contribution in [0, 0.1) is 6.92 Å². The third kappa shape index (κ3) is 4.26. The summed E-state index contributed by atoms with van der Waals surface area (Å²) in [5.41, 5.74) is 2.33. The highest BCUT2D eigenvalue weighted by Crippen LogP contribution is 2.31. The first-order chi connectivity index (χ1) is 13.7. The molecular formula is C22H22Cl2N2O3. The lowest BCUT2D eigenvalue weighted by Gasteiger charge is -2.12. The van der Waals surface area contributed by atoms with Crippen LogP contribution in [0.3, 0.4) is 0 Å². The van der Waals surface area contributed by atoms with Crippen molar-refractivity contribution in [1.82, 2.24) is 9.88 Å². The molecule has 0 radical (unpaired) electrons. The zero-order valence-corrected chi connectivity index (χ0v) is 17.9. The first kappa shape index (κ1) is 21.2. The second-order valence-electron chi connectivity index (χ2n) is 7.09. The number of phenols is 1. The van der Waals surface area contributed by atoms with Gasteiger partial charge in [0.15, 0.2) is 0 Å². The van der Waals surface area contributed by atoms with E-state index in [9.17, 15) is 14.7 Å². The number of nitrogens with one attached hydrogen (secondary N) is 1. The fraction of sp³-hybridized carbons (Fsp3) is 0.273. The van der Waals surface area contributed by atoms with E-state index in [1.54, 1.807) is 35.8 Å². The van der Waals surface area contributed by atoms with Crippen LogP contribution >= 0.6 is 23.2 Å². The van der Waals surface area contributed by atoms with E-state index >= 15 is 0 Å². The summed E-state index contributed by atoms with van der Waals surface area (Å²) < 4.78 is 1.54. The number of phenolic OH excluding ortho intramolecular Hbond substituents is 1. The Kier molecular flexibility index (Phi) is 6.20. The molecule has 7 heteroatoms. The molecule has 1 atom stereocenters. The van der Waals surface area contributed by atoms with Gasteiger partial charge in [-0.05, 0) is 62.2 Å². The average molecular weight is 433 g/mol. The van der Waals surface area contributed by atoms with Crippen LogP contribution in [0.1, 0.15) is 41.9 Å². The smallest absolute Gasteiger partial charge is 0.262 e. The summed E-state index contributed by atoms with van der Waals surface area (Å²) in [6, 6.07) is 9.52. The molecule has 0 saturated heterocycles. The van der Waals surface area contributed by atoms with Crippen molar-refractivity contribution in [3.63, 3.8) is 0 Å². The molecule has 0 fully saturated rings. The van der Waals surface area contributed by atoms with Crippen molar-refractivity contribution in [2.24, 2.45) is 0 Å². The summed E-state index contributed by atoms with van der Waals surface area (Å²) in [7, 11) is 0. The molecule has 0 aliphatic carbocycles. The summed E-state index contributed by atoms with van der Waals surface area (Å²) in [5, 5.41) is 14.2. The predicted molar refractivity (Wildman–Crippen MR) is 116 cm³/mol. The first-order valence-corrected chi connectivity index (χ1v) is 10.1. The molecule has 1 heterocycles. The van der Waals surface area contributed by atoms with Crippen LogP contribution in [-0.4, -0.2) is 27.5 Å². The maximum absolute atomic E-state index is 13.3. The molecular weight excluding hydrogens is 411 g/mol. The topological polar surface area (TPSA) is 71.3 Å². The van der Waals surface area contributed by atoms with E-state index in [0.717, 1.165) is 6.42 Å². The largest absolute Gasteiger partial charge is 0.508 e. The van der Waals surface area contributed by atoms with E-state index in [2.05, 4.69) is 5.32 Å². The fourth-order valence-electron chi connectivity index (χ4n) is 3.30. The normalized spacial score (nSPS) is 12.2. The molecule has 3 aromatic rings. The zero-order valence-electron chi connectivity index (χ0n) is 16.4. The molecule has 0 saturated carbocycles. The van der Waals surface area contributed by atoms with Crippen molar-refractivity contribution in [3.8, 4) is 5.75 Å². The first-order valence-electron chi connectivity index (χ1n) is 9.35. The number of halogens is 2. The maximum Gasteiger partial charge on any atom is 0.262 e. The summed E-state index contributed by atoms with van der Waals surface area (Å²) in [6.07, 6.45) is 0.931. The molecule has 29 heavy (non-hydrogen) atoms. The lowest BCUT2D eigenvalue weighted by molar-refractivity contribution is -0.121. The summed E-state index contributed by atoms with van der Waals surface area (Å²) in [4.78, 5) is 25.7. The van der Waals surface area contributed by atoms with Gasteiger partial charge in [0.05, 0.1) is 22.0 Å². The molecule has 2 N–H and O–H groups in total. The molecule has 5 nitrogen and oxygen atoms in total. The number of carbonyl (C=O) groups is 2. The highest BCUT2D eigenvalue weighted by atomic mass is 35.5. The number of rotatable bonds is 5. The summed E-state index contributed by atoms with van der Waals surface area (Å²) >= 11 is 12.0. The van der Waals surface area contributed by atoms with Gasteiger partial charge >= 0.3 is 0 Å². The SMILES string of the molecule is CC[C@H](C)NC(=O)Cc1c(C)n(C(=O)c2ccc(Cl)c(Cl)c2)c2ccc(O)cc12. The number of fused-ring (bicyclic) bond motifs is 1. The molecule has 1 aromatic heterocycles. The maximum atomic E-state index is 13.3. The second-order valence-corrected chi connectivity index (χ2v) is 7.90. The van der Waals surface area contributed by atoms with Crippen LogP contribution in [0.4, 0.5) is 0 Å². The summed E-state index contributed by atoms with van der Waals surface area (Å²) in [6.45, 7) is 5.72. The average Bonchev–Trinajstić information content (AvgIpc) is 2.94. The van der Waals surface area contributed by atoms with E-state index in [4.69, 9.17) is 23.2 Å². The Morgan fingerprint density at radius 2 is 1.86 bits per heavy atom. The standard InChI is InChI=1S/C22H22Cl2N2O3/c1-4-12(2)25-21(28)11-16-13(3)26(20-8-6-15(27)10-17(16)20)22(29)14-5-7-18(23)19(24)9-14/h5-10,12,27H,4,11H2,1-3H3,(H,25,28)/t12-/m0/s1. The van der Waals surface area contributed by atoms with Crippen molar-refractivity contribution in [2.45, 2.75) is 39.7 Å². The van der Waals surface area contributed by atoms with Crippen LogP contribution in [0.5, 0.6) is 5.75 Å². The Bertz CT molecular complexity index is 1110. The number of amides is 1. The van der Waals surface area contributed by atoms with Gasteiger partial charge in [0.25, 0.3) is 5.91 Å². The van der Waals surface area contributed by atoms with Crippen molar-refractivity contribution in [2.75, 3.05) is 0 Å². The van der Waals surface area contributed by atoms with Crippen molar-refractivity contribution >= 4 is 45.9 Å². The minimum atomic E-state index is -0.287.